The Kier molecular flexibility index (Phi) is 5.74. The summed E-state index contributed by atoms with van der Waals surface area (Å²) in [5, 5.41) is 3.89. The molecule has 2 aromatic carbocycles. The predicted molar refractivity (Wildman–Crippen MR) is 129 cm³/mol. The Balaban J connectivity index is 1.74. The number of para-hydroxylation sites is 1. The van der Waals surface area contributed by atoms with Crippen LogP contribution >= 0.6 is 0 Å². The lowest BCUT2D eigenvalue weighted by atomic mass is 10.0. The molecule has 4 aromatic rings. The monoisotopic (exact) mass is 427 g/mol. The minimum atomic E-state index is -0.172. The van der Waals surface area contributed by atoms with E-state index in [4.69, 9.17) is 0 Å². The number of hydrogen-bond acceptors (Lipinski definition) is 2. The van der Waals surface area contributed by atoms with Crippen LogP contribution in [0.3, 0.4) is 0 Å². The zero-order valence-electron chi connectivity index (χ0n) is 19.2. The maximum absolute atomic E-state index is 13.3. The molecule has 0 saturated carbocycles. The zero-order valence-corrected chi connectivity index (χ0v) is 19.2. The smallest absolute Gasteiger partial charge is 0.254 e. The number of nitrogens with one attached hydrogen (secondary N) is 2. The number of carbonyl (C=O) groups is 1. The van der Waals surface area contributed by atoms with Crippen molar-refractivity contribution in [2.75, 3.05) is 0 Å². The highest BCUT2D eigenvalue weighted by Crippen LogP contribution is 2.32. The van der Waals surface area contributed by atoms with Crippen molar-refractivity contribution in [2.45, 2.75) is 47.2 Å². The first-order valence-electron chi connectivity index (χ1n) is 10.9. The van der Waals surface area contributed by atoms with Gasteiger partial charge in [-0.25, -0.2) is 0 Å². The Morgan fingerprint density at radius 2 is 1.69 bits per heavy atom. The molecule has 5 nitrogen and oxygen atoms in total. The van der Waals surface area contributed by atoms with Crippen LogP contribution < -0.4 is 10.9 Å². The number of benzene rings is 2. The third kappa shape index (κ3) is 3.75. The summed E-state index contributed by atoms with van der Waals surface area (Å²) in [4.78, 5) is 28.5. The van der Waals surface area contributed by atoms with Crippen LogP contribution in [0.2, 0.25) is 0 Å². The lowest BCUT2D eigenvalue weighted by Crippen LogP contribution is -2.28. The molecule has 1 amide bonds. The van der Waals surface area contributed by atoms with E-state index in [1.165, 1.54) is 11.1 Å². The predicted octanol–water partition coefficient (Wildman–Crippen LogP) is 5.10. The van der Waals surface area contributed by atoms with Crippen LogP contribution in [-0.2, 0) is 6.54 Å². The van der Waals surface area contributed by atoms with Gasteiger partial charge in [0.1, 0.15) is 0 Å². The molecule has 0 saturated heterocycles. The first-order valence-corrected chi connectivity index (χ1v) is 10.9. The number of fused-ring (bicyclic) bond motifs is 1. The summed E-state index contributed by atoms with van der Waals surface area (Å²) < 4.78 is 2.23. The van der Waals surface area contributed by atoms with Gasteiger partial charge in [-0.15, -0.1) is 0 Å². The van der Waals surface area contributed by atoms with Gasteiger partial charge in [-0.2, -0.15) is 0 Å². The molecular formula is C27H29N3O2. The minimum absolute atomic E-state index is 0.0739. The molecule has 0 spiro atoms. The number of H-pyrrole nitrogens is 1. The normalized spacial score (nSPS) is 12.2. The Morgan fingerprint density at radius 1 is 1.00 bits per heavy atom. The number of nitrogens with zero attached hydrogens (tertiary/aromatic N) is 1. The number of pyridine rings is 1. The van der Waals surface area contributed by atoms with Crippen LogP contribution in [0.25, 0.3) is 10.9 Å². The van der Waals surface area contributed by atoms with Crippen molar-refractivity contribution in [1.29, 1.82) is 0 Å². The average molecular weight is 428 g/mol. The number of amides is 1. The summed E-state index contributed by atoms with van der Waals surface area (Å²) in [6, 6.07) is 18.3. The molecule has 2 heterocycles. The van der Waals surface area contributed by atoms with E-state index in [2.05, 4.69) is 53.0 Å². The molecule has 0 aliphatic heterocycles. The first-order chi connectivity index (χ1) is 15.3. The van der Waals surface area contributed by atoms with Gasteiger partial charge in [-0.3, -0.25) is 9.59 Å². The lowest BCUT2D eigenvalue weighted by molar-refractivity contribution is 0.0951. The van der Waals surface area contributed by atoms with Crippen LogP contribution in [-0.4, -0.2) is 15.5 Å². The number of aromatic nitrogens is 2. The Labute approximate surface area is 188 Å². The molecule has 0 bridgehead atoms. The van der Waals surface area contributed by atoms with Crippen LogP contribution in [0.15, 0.2) is 59.4 Å². The Hall–Kier alpha value is -3.60. The highest BCUT2D eigenvalue weighted by Gasteiger charge is 2.23. The Morgan fingerprint density at radius 3 is 2.41 bits per heavy atom. The van der Waals surface area contributed by atoms with E-state index in [0.717, 1.165) is 27.9 Å². The summed E-state index contributed by atoms with van der Waals surface area (Å²) in [7, 11) is 0. The number of hydrogen-bond donors (Lipinski definition) is 2. The summed E-state index contributed by atoms with van der Waals surface area (Å²) in [6.45, 7) is 10.2. The second-order valence-electron chi connectivity index (χ2n) is 8.51. The van der Waals surface area contributed by atoms with Crippen LogP contribution in [0.4, 0.5) is 0 Å². The van der Waals surface area contributed by atoms with Gasteiger partial charge < -0.3 is 14.9 Å². The highest BCUT2D eigenvalue weighted by molar-refractivity contribution is 6.08. The third-order valence-electron chi connectivity index (χ3n) is 6.33. The Bertz CT molecular complexity index is 1380. The van der Waals surface area contributed by atoms with E-state index < -0.39 is 0 Å². The van der Waals surface area contributed by atoms with E-state index in [1.807, 2.05) is 51.1 Å². The van der Waals surface area contributed by atoms with Gasteiger partial charge in [0.05, 0.1) is 11.6 Å². The van der Waals surface area contributed by atoms with Gasteiger partial charge in [0, 0.05) is 34.4 Å². The fraction of sp³-hybridized carbons (Fsp3) is 0.259. The van der Waals surface area contributed by atoms with Crippen LogP contribution in [0.5, 0.6) is 0 Å². The third-order valence-corrected chi connectivity index (χ3v) is 6.33. The number of aryl methyl sites for hydroxylation is 3. The standard InChI is InChI=1S/C27H29N3O2/c1-16-10-6-7-11-21(16)19(4)30-20(5)25(22-12-8-9-13-24(22)30)27(32)28-15-23-17(2)14-18(3)29-26(23)31/h6-14,19H,15H2,1-5H3,(H,28,32)(H,29,31). The van der Waals surface area contributed by atoms with Gasteiger partial charge in [0.2, 0.25) is 0 Å². The molecule has 0 aliphatic rings. The second-order valence-corrected chi connectivity index (χ2v) is 8.51. The highest BCUT2D eigenvalue weighted by atomic mass is 16.2. The topological polar surface area (TPSA) is 66.9 Å². The van der Waals surface area contributed by atoms with E-state index >= 15 is 0 Å². The van der Waals surface area contributed by atoms with E-state index in [9.17, 15) is 9.59 Å². The summed E-state index contributed by atoms with van der Waals surface area (Å²) >= 11 is 0. The van der Waals surface area contributed by atoms with Gasteiger partial charge in [0.25, 0.3) is 11.5 Å². The molecule has 0 fully saturated rings. The van der Waals surface area contributed by atoms with Crippen molar-refractivity contribution in [3.8, 4) is 0 Å². The maximum Gasteiger partial charge on any atom is 0.254 e. The van der Waals surface area contributed by atoms with Gasteiger partial charge in [0.15, 0.2) is 0 Å². The number of rotatable bonds is 5. The molecular weight excluding hydrogens is 398 g/mol. The van der Waals surface area contributed by atoms with E-state index in [0.29, 0.717) is 11.1 Å². The molecule has 32 heavy (non-hydrogen) atoms. The lowest BCUT2D eigenvalue weighted by Gasteiger charge is -2.20. The fourth-order valence-corrected chi connectivity index (χ4v) is 4.73. The molecule has 1 atom stereocenters. The zero-order chi connectivity index (χ0) is 23.0. The first kappa shape index (κ1) is 21.6. The summed E-state index contributed by atoms with van der Waals surface area (Å²) in [6.07, 6.45) is 0. The number of aromatic amines is 1. The number of carbonyl (C=O) groups excluding carboxylic acids is 1. The van der Waals surface area contributed by atoms with E-state index in [1.54, 1.807) is 0 Å². The van der Waals surface area contributed by atoms with Crippen molar-refractivity contribution in [2.24, 2.45) is 0 Å². The molecule has 5 heteroatoms. The van der Waals surface area contributed by atoms with E-state index in [-0.39, 0.29) is 24.1 Å². The molecule has 0 aliphatic carbocycles. The second kappa shape index (κ2) is 8.50. The van der Waals surface area contributed by atoms with Crippen LogP contribution in [0.1, 0.15) is 57.0 Å². The van der Waals surface area contributed by atoms with Gasteiger partial charge in [-0.1, -0.05) is 42.5 Å². The van der Waals surface area contributed by atoms with Crippen molar-refractivity contribution in [1.82, 2.24) is 14.9 Å². The SMILES string of the molecule is Cc1cc(C)c(CNC(=O)c2c(C)n(C(C)c3ccccc3C)c3ccccc23)c(=O)[nH]1. The quantitative estimate of drug-likeness (QED) is 0.465. The van der Waals surface area contributed by atoms with Crippen molar-refractivity contribution >= 4 is 16.8 Å². The minimum Gasteiger partial charge on any atom is -0.348 e. The molecule has 4 rings (SSSR count). The molecule has 2 N–H and O–H groups in total. The van der Waals surface area contributed by atoms with Crippen molar-refractivity contribution < 1.29 is 4.79 Å². The van der Waals surface area contributed by atoms with Crippen molar-refractivity contribution in [3.63, 3.8) is 0 Å². The molecule has 2 aromatic heterocycles. The van der Waals surface area contributed by atoms with Crippen molar-refractivity contribution in [3.05, 3.63) is 104 Å². The molecule has 0 radical (unpaired) electrons. The van der Waals surface area contributed by atoms with Gasteiger partial charge >= 0.3 is 0 Å². The largest absolute Gasteiger partial charge is 0.348 e. The molecule has 164 valence electrons. The van der Waals surface area contributed by atoms with Crippen LogP contribution in [0, 0.1) is 27.7 Å². The average Bonchev–Trinajstić information content (AvgIpc) is 3.04. The maximum atomic E-state index is 13.3. The summed E-state index contributed by atoms with van der Waals surface area (Å²) in [5.41, 5.74) is 7.15. The molecule has 1 unspecified atom stereocenters. The fourth-order valence-electron chi connectivity index (χ4n) is 4.73. The summed E-state index contributed by atoms with van der Waals surface area (Å²) in [5.74, 6) is -0.172. The van der Waals surface area contributed by atoms with Gasteiger partial charge in [-0.05, 0) is 63.4 Å².